The van der Waals surface area contributed by atoms with Crippen LogP contribution in [0.25, 0.3) is 0 Å². The molecule has 0 saturated heterocycles. The summed E-state index contributed by atoms with van der Waals surface area (Å²) in [6, 6.07) is 19.6. The van der Waals surface area contributed by atoms with E-state index < -0.39 is 0 Å². The van der Waals surface area contributed by atoms with Gasteiger partial charge in [-0.05, 0) is 29.5 Å². The summed E-state index contributed by atoms with van der Waals surface area (Å²) in [4.78, 5) is 2.54. The SMILES string of the molecule is CC(CCN1CCNCc2ccccc21)c1ccccc1. The highest BCUT2D eigenvalue weighted by atomic mass is 15.2. The standard InChI is InChI=1S/C19H24N2/c1-16(17-7-3-2-4-8-17)11-13-21-14-12-20-15-18-9-5-6-10-19(18)21/h2-10,16,20H,11-15H2,1H3. The van der Waals surface area contributed by atoms with Crippen molar-refractivity contribution >= 4 is 5.69 Å². The second-order valence-corrected chi connectivity index (χ2v) is 5.89. The molecule has 110 valence electrons. The molecule has 0 aromatic heterocycles. The van der Waals surface area contributed by atoms with E-state index in [-0.39, 0.29) is 0 Å². The smallest absolute Gasteiger partial charge is 0.0412 e. The summed E-state index contributed by atoms with van der Waals surface area (Å²) in [5.74, 6) is 0.606. The lowest BCUT2D eigenvalue weighted by molar-refractivity contribution is 0.632. The minimum atomic E-state index is 0.606. The van der Waals surface area contributed by atoms with Gasteiger partial charge >= 0.3 is 0 Å². The monoisotopic (exact) mass is 280 g/mol. The first-order chi connectivity index (χ1) is 10.3. The Morgan fingerprint density at radius 1 is 1.05 bits per heavy atom. The number of fused-ring (bicyclic) bond motifs is 1. The highest BCUT2D eigenvalue weighted by molar-refractivity contribution is 5.54. The maximum absolute atomic E-state index is 3.51. The molecular weight excluding hydrogens is 256 g/mol. The molecule has 1 aliphatic heterocycles. The maximum Gasteiger partial charge on any atom is 0.0412 e. The van der Waals surface area contributed by atoms with Gasteiger partial charge < -0.3 is 10.2 Å². The van der Waals surface area contributed by atoms with Crippen LogP contribution in [0.5, 0.6) is 0 Å². The van der Waals surface area contributed by atoms with E-state index in [4.69, 9.17) is 0 Å². The summed E-state index contributed by atoms with van der Waals surface area (Å²) < 4.78 is 0. The zero-order valence-electron chi connectivity index (χ0n) is 12.8. The van der Waals surface area contributed by atoms with E-state index in [1.54, 1.807) is 0 Å². The Bertz CT molecular complexity index is 565. The van der Waals surface area contributed by atoms with E-state index in [9.17, 15) is 0 Å². The van der Waals surface area contributed by atoms with Crippen LogP contribution in [0.1, 0.15) is 30.4 Å². The number of rotatable bonds is 4. The van der Waals surface area contributed by atoms with Crippen molar-refractivity contribution in [3.8, 4) is 0 Å². The Labute approximate surface area is 127 Å². The zero-order valence-corrected chi connectivity index (χ0v) is 12.8. The molecule has 0 spiro atoms. The van der Waals surface area contributed by atoms with Crippen LogP contribution in [-0.4, -0.2) is 19.6 Å². The Morgan fingerprint density at radius 2 is 1.81 bits per heavy atom. The molecule has 2 nitrogen and oxygen atoms in total. The number of nitrogens with one attached hydrogen (secondary N) is 1. The summed E-state index contributed by atoms with van der Waals surface area (Å²) in [6.45, 7) is 6.60. The van der Waals surface area contributed by atoms with Crippen LogP contribution in [0.2, 0.25) is 0 Å². The first-order valence-corrected chi connectivity index (χ1v) is 7.93. The van der Waals surface area contributed by atoms with Crippen molar-refractivity contribution in [2.75, 3.05) is 24.5 Å². The molecule has 1 unspecified atom stereocenters. The summed E-state index contributed by atoms with van der Waals surface area (Å²) >= 11 is 0. The molecule has 1 heterocycles. The van der Waals surface area contributed by atoms with E-state index in [2.05, 4.69) is 71.7 Å². The van der Waals surface area contributed by atoms with Gasteiger partial charge in [-0.2, -0.15) is 0 Å². The highest BCUT2D eigenvalue weighted by Gasteiger charge is 2.15. The highest BCUT2D eigenvalue weighted by Crippen LogP contribution is 2.25. The van der Waals surface area contributed by atoms with Crippen LogP contribution >= 0.6 is 0 Å². The van der Waals surface area contributed by atoms with Gasteiger partial charge in [-0.25, -0.2) is 0 Å². The van der Waals surface area contributed by atoms with Crippen molar-refractivity contribution in [3.63, 3.8) is 0 Å². The van der Waals surface area contributed by atoms with Gasteiger partial charge in [0, 0.05) is 31.9 Å². The quantitative estimate of drug-likeness (QED) is 0.916. The van der Waals surface area contributed by atoms with Crippen LogP contribution in [0, 0.1) is 0 Å². The first-order valence-electron chi connectivity index (χ1n) is 7.93. The molecule has 0 radical (unpaired) electrons. The van der Waals surface area contributed by atoms with Crippen molar-refractivity contribution in [3.05, 3.63) is 65.7 Å². The number of benzene rings is 2. The van der Waals surface area contributed by atoms with E-state index in [1.807, 2.05) is 0 Å². The van der Waals surface area contributed by atoms with Crippen molar-refractivity contribution in [2.24, 2.45) is 0 Å². The normalized spacial score (nSPS) is 16.1. The van der Waals surface area contributed by atoms with Crippen molar-refractivity contribution in [1.82, 2.24) is 5.32 Å². The van der Waals surface area contributed by atoms with Gasteiger partial charge in [0.1, 0.15) is 0 Å². The third-order valence-corrected chi connectivity index (χ3v) is 4.41. The summed E-state index contributed by atoms with van der Waals surface area (Å²) in [7, 11) is 0. The number of hydrogen-bond acceptors (Lipinski definition) is 2. The fourth-order valence-electron chi connectivity index (χ4n) is 3.06. The van der Waals surface area contributed by atoms with Gasteiger partial charge in [0.15, 0.2) is 0 Å². The average molecular weight is 280 g/mol. The van der Waals surface area contributed by atoms with Crippen molar-refractivity contribution in [1.29, 1.82) is 0 Å². The van der Waals surface area contributed by atoms with Gasteiger partial charge in [0.25, 0.3) is 0 Å². The third kappa shape index (κ3) is 3.45. The lowest BCUT2D eigenvalue weighted by atomic mass is 9.97. The molecule has 2 heteroatoms. The zero-order chi connectivity index (χ0) is 14.5. The minimum absolute atomic E-state index is 0.606. The molecule has 1 N–H and O–H groups in total. The van der Waals surface area contributed by atoms with E-state index in [1.165, 1.54) is 23.2 Å². The fraction of sp³-hybridized carbons (Fsp3) is 0.368. The third-order valence-electron chi connectivity index (χ3n) is 4.41. The van der Waals surface area contributed by atoms with Crippen molar-refractivity contribution < 1.29 is 0 Å². The number of anilines is 1. The van der Waals surface area contributed by atoms with E-state index in [0.29, 0.717) is 5.92 Å². The Hall–Kier alpha value is -1.80. The molecule has 3 rings (SSSR count). The lowest BCUT2D eigenvalue weighted by Crippen LogP contribution is -2.30. The summed E-state index contributed by atoms with van der Waals surface area (Å²) in [6.07, 6.45) is 1.19. The summed E-state index contributed by atoms with van der Waals surface area (Å²) in [5.41, 5.74) is 4.27. The Kier molecular flexibility index (Phi) is 4.56. The molecule has 0 saturated carbocycles. The second kappa shape index (κ2) is 6.77. The molecular formula is C19H24N2. The topological polar surface area (TPSA) is 15.3 Å². The first kappa shape index (κ1) is 14.2. The molecule has 0 bridgehead atoms. The Morgan fingerprint density at radius 3 is 2.67 bits per heavy atom. The van der Waals surface area contributed by atoms with Gasteiger partial charge in [0.2, 0.25) is 0 Å². The van der Waals surface area contributed by atoms with Gasteiger partial charge in [-0.15, -0.1) is 0 Å². The van der Waals surface area contributed by atoms with Gasteiger partial charge in [-0.1, -0.05) is 55.5 Å². The minimum Gasteiger partial charge on any atom is -0.370 e. The summed E-state index contributed by atoms with van der Waals surface area (Å²) in [5, 5.41) is 3.51. The Balaban J connectivity index is 1.68. The molecule has 0 aliphatic carbocycles. The van der Waals surface area contributed by atoms with Gasteiger partial charge in [0.05, 0.1) is 0 Å². The predicted molar refractivity (Wildman–Crippen MR) is 89.8 cm³/mol. The number of hydrogen-bond donors (Lipinski definition) is 1. The largest absolute Gasteiger partial charge is 0.370 e. The molecule has 2 aromatic carbocycles. The van der Waals surface area contributed by atoms with Crippen LogP contribution in [0.4, 0.5) is 5.69 Å². The van der Waals surface area contributed by atoms with Crippen molar-refractivity contribution in [2.45, 2.75) is 25.8 Å². The molecule has 1 aliphatic rings. The molecule has 21 heavy (non-hydrogen) atoms. The van der Waals surface area contributed by atoms with Crippen LogP contribution in [0.15, 0.2) is 54.6 Å². The average Bonchev–Trinajstić information content (AvgIpc) is 2.76. The van der Waals surface area contributed by atoms with Crippen LogP contribution in [0.3, 0.4) is 0 Å². The number of para-hydroxylation sites is 1. The number of nitrogens with zero attached hydrogens (tertiary/aromatic N) is 1. The molecule has 1 atom stereocenters. The lowest BCUT2D eigenvalue weighted by Gasteiger charge is -2.26. The molecule has 0 fully saturated rings. The van der Waals surface area contributed by atoms with Gasteiger partial charge in [-0.3, -0.25) is 0 Å². The van der Waals surface area contributed by atoms with E-state index >= 15 is 0 Å². The molecule has 0 amide bonds. The van der Waals surface area contributed by atoms with E-state index in [0.717, 1.165) is 26.2 Å². The fourth-order valence-corrected chi connectivity index (χ4v) is 3.06. The van der Waals surface area contributed by atoms with Crippen LogP contribution < -0.4 is 10.2 Å². The van der Waals surface area contributed by atoms with Crippen LogP contribution in [-0.2, 0) is 6.54 Å². The maximum atomic E-state index is 3.51. The molecule has 2 aromatic rings. The second-order valence-electron chi connectivity index (χ2n) is 5.89. The predicted octanol–water partition coefficient (Wildman–Crippen LogP) is 3.79.